The smallest absolute Gasteiger partial charge is 0.253 e. The molecule has 0 bridgehead atoms. The lowest BCUT2D eigenvalue weighted by Crippen LogP contribution is -2.28. The fourth-order valence-corrected chi connectivity index (χ4v) is 2.90. The molecule has 1 aliphatic heterocycles. The number of carbonyl (C=O) groups is 1. The van der Waals surface area contributed by atoms with Gasteiger partial charge in [-0.2, -0.15) is 10.4 Å². The van der Waals surface area contributed by atoms with Gasteiger partial charge in [-0.1, -0.05) is 12.1 Å². The number of carbonyl (C=O) groups excluding carboxylic acids is 1. The van der Waals surface area contributed by atoms with Gasteiger partial charge < -0.3 is 10.6 Å². The van der Waals surface area contributed by atoms with Crippen molar-refractivity contribution in [2.24, 2.45) is 0 Å². The molecule has 3 N–H and O–H groups in total. The van der Waals surface area contributed by atoms with Crippen LogP contribution in [0.5, 0.6) is 0 Å². The van der Waals surface area contributed by atoms with Crippen molar-refractivity contribution in [2.45, 2.75) is 18.8 Å². The van der Waals surface area contributed by atoms with Crippen molar-refractivity contribution in [3.8, 4) is 6.07 Å². The van der Waals surface area contributed by atoms with E-state index in [-0.39, 0.29) is 11.8 Å². The van der Waals surface area contributed by atoms with Crippen LogP contribution < -0.4 is 5.73 Å². The largest absolute Gasteiger partial charge is 0.396 e. The lowest BCUT2D eigenvalue weighted by molar-refractivity contribution is 0.0790. The topological polar surface area (TPSA) is 98.8 Å². The highest BCUT2D eigenvalue weighted by Crippen LogP contribution is 2.29. The van der Waals surface area contributed by atoms with E-state index in [0.717, 1.165) is 17.7 Å². The number of aromatic amines is 1. The van der Waals surface area contributed by atoms with Crippen molar-refractivity contribution in [3.63, 3.8) is 0 Å². The molecule has 1 aromatic heterocycles. The minimum absolute atomic E-state index is 0.000349. The molecule has 1 aromatic carbocycles. The second-order valence-electron chi connectivity index (χ2n) is 5.51. The van der Waals surface area contributed by atoms with Crippen LogP contribution in [0.4, 0.5) is 5.69 Å². The van der Waals surface area contributed by atoms with Crippen LogP contribution in [0.15, 0.2) is 30.5 Å². The van der Waals surface area contributed by atoms with Crippen LogP contribution in [0.25, 0.3) is 0 Å². The summed E-state index contributed by atoms with van der Waals surface area (Å²) in [7, 11) is 0. The molecule has 1 saturated heterocycles. The lowest BCUT2D eigenvalue weighted by Gasteiger charge is -2.17. The number of nitrogens with zero attached hydrogens (tertiary/aromatic N) is 3. The van der Waals surface area contributed by atoms with Crippen molar-refractivity contribution in [1.29, 1.82) is 5.26 Å². The number of nitrogens with two attached hydrogens (primary N) is 1. The molecule has 1 aliphatic rings. The van der Waals surface area contributed by atoms with Crippen molar-refractivity contribution in [3.05, 3.63) is 47.3 Å². The van der Waals surface area contributed by atoms with E-state index in [2.05, 4.69) is 16.3 Å². The van der Waals surface area contributed by atoms with Gasteiger partial charge in [0.2, 0.25) is 0 Å². The summed E-state index contributed by atoms with van der Waals surface area (Å²) < 4.78 is 0. The first kappa shape index (κ1) is 14.1. The Kier molecular flexibility index (Phi) is 3.79. The molecule has 6 nitrogen and oxygen atoms in total. The molecule has 0 aliphatic carbocycles. The minimum atomic E-state index is 0.000349. The fourth-order valence-electron chi connectivity index (χ4n) is 2.90. The number of H-pyrrole nitrogens is 1. The summed E-state index contributed by atoms with van der Waals surface area (Å²) in [6.45, 7) is 1.33. The van der Waals surface area contributed by atoms with Crippen LogP contribution in [0.2, 0.25) is 0 Å². The zero-order valence-corrected chi connectivity index (χ0v) is 12.1. The third kappa shape index (κ3) is 2.66. The maximum Gasteiger partial charge on any atom is 0.253 e. The molecule has 2 heterocycles. The summed E-state index contributed by atoms with van der Waals surface area (Å²) >= 11 is 0. The van der Waals surface area contributed by atoms with E-state index in [1.54, 1.807) is 18.3 Å². The number of hydrogen-bond acceptors (Lipinski definition) is 4. The number of aromatic nitrogens is 2. The molecule has 2 aromatic rings. The molecule has 112 valence electrons. The molecule has 1 unspecified atom stereocenters. The highest BCUT2D eigenvalue weighted by molar-refractivity contribution is 5.94. The Labute approximate surface area is 128 Å². The predicted molar refractivity (Wildman–Crippen MR) is 82.0 cm³/mol. The summed E-state index contributed by atoms with van der Waals surface area (Å²) in [5.74, 6) is 0.203. The van der Waals surface area contributed by atoms with E-state index in [1.165, 1.54) is 0 Å². The number of amides is 1. The summed E-state index contributed by atoms with van der Waals surface area (Å²) in [6, 6.07) is 9.37. The second kappa shape index (κ2) is 5.90. The van der Waals surface area contributed by atoms with Gasteiger partial charge in [-0.05, 0) is 24.1 Å². The third-order valence-corrected chi connectivity index (χ3v) is 4.04. The molecular formula is C16H17N5O. The SMILES string of the molecule is N#CCc1cccc(C(=O)N2CCC(c3[nH]ncc3N)C2)c1. The molecule has 6 heteroatoms. The van der Waals surface area contributed by atoms with Gasteiger partial charge in [-0.15, -0.1) is 0 Å². The second-order valence-corrected chi connectivity index (χ2v) is 5.51. The Balaban J connectivity index is 1.73. The first-order valence-electron chi connectivity index (χ1n) is 7.23. The minimum Gasteiger partial charge on any atom is -0.396 e. The van der Waals surface area contributed by atoms with Gasteiger partial charge in [0.15, 0.2) is 0 Å². The Bertz CT molecular complexity index is 730. The van der Waals surface area contributed by atoms with Crippen molar-refractivity contribution >= 4 is 11.6 Å². The number of nitrogen functional groups attached to an aromatic ring is 1. The van der Waals surface area contributed by atoms with Gasteiger partial charge in [0, 0.05) is 24.6 Å². The van der Waals surface area contributed by atoms with E-state index in [0.29, 0.717) is 30.8 Å². The summed E-state index contributed by atoms with van der Waals surface area (Å²) in [5, 5.41) is 15.6. The van der Waals surface area contributed by atoms with E-state index >= 15 is 0 Å². The van der Waals surface area contributed by atoms with Crippen LogP contribution in [-0.4, -0.2) is 34.1 Å². The molecule has 0 spiro atoms. The zero-order valence-electron chi connectivity index (χ0n) is 12.1. The van der Waals surface area contributed by atoms with Gasteiger partial charge in [-0.3, -0.25) is 9.89 Å². The predicted octanol–water partition coefficient (Wildman–Crippen LogP) is 1.69. The zero-order chi connectivity index (χ0) is 15.5. The summed E-state index contributed by atoms with van der Waals surface area (Å²) in [5.41, 5.74) is 8.93. The van der Waals surface area contributed by atoms with E-state index in [1.807, 2.05) is 17.0 Å². The van der Waals surface area contributed by atoms with Crippen molar-refractivity contribution < 1.29 is 4.79 Å². The van der Waals surface area contributed by atoms with Crippen LogP contribution in [0.3, 0.4) is 0 Å². The Morgan fingerprint density at radius 3 is 3.14 bits per heavy atom. The van der Waals surface area contributed by atoms with Gasteiger partial charge in [-0.25, -0.2) is 0 Å². The fraction of sp³-hybridized carbons (Fsp3) is 0.312. The quantitative estimate of drug-likeness (QED) is 0.900. The van der Waals surface area contributed by atoms with Crippen LogP contribution in [-0.2, 0) is 6.42 Å². The van der Waals surface area contributed by atoms with Crippen LogP contribution in [0.1, 0.15) is 34.0 Å². The van der Waals surface area contributed by atoms with Gasteiger partial charge in [0.25, 0.3) is 5.91 Å². The van der Waals surface area contributed by atoms with Gasteiger partial charge in [0.1, 0.15) is 0 Å². The number of nitrogens with one attached hydrogen (secondary N) is 1. The number of anilines is 1. The molecule has 1 atom stereocenters. The normalized spacial score (nSPS) is 17.4. The molecule has 0 saturated carbocycles. The number of nitriles is 1. The first-order chi connectivity index (χ1) is 10.7. The Morgan fingerprint density at radius 2 is 2.41 bits per heavy atom. The Morgan fingerprint density at radius 1 is 1.55 bits per heavy atom. The number of hydrogen-bond donors (Lipinski definition) is 2. The van der Waals surface area contributed by atoms with Gasteiger partial charge >= 0.3 is 0 Å². The highest BCUT2D eigenvalue weighted by Gasteiger charge is 2.30. The standard InChI is InChI=1S/C16H17N5O/c17-6-4-11-2-1-3-12(8-11)16(22)21-7-5-13(10-21)15-14(18)9-19-20-15/h1-3,8-9,13H,4-5,7,10,18H2,(H,19,20). The van der Waals surface area contributed by atoms with Crippen LogP contribution in [0, 0.1) is 11.3 Å². The maximum atomic E-state index is 12.6. The number of rotatable bonds is 3. The van der Waals surface area contributed by atoms with E-state index in [4.69, 9.17) is 11.0 Å². The summed E-state index contributed by atoms with van der Waals surface area (Å²) in [6.07, 6.45) is 2.79. The monoisotopic (exact) mass is 295 g/mol. The highest BCUT2D eigenvalue weighted by atomic mass is 16.2. The molecule has 1 amide bonds. The molecular weight excluding hydrogens is 278 g/mol. The van der Waals surface area contributed by atoms with E-state index < -0.39 is 0 Å². The molecule has 0 radical (unpaired) electrons. The third-order valence-electron chi connectivity index (χ3n) is 4.04. The van der Waals surface area contributed by atoms with Crippen LogP contribution >= 0.6 is 0 Å². The van der Waals surface area contributed by atoms with Gasteiger partial charge in [0.05, 0.1) is 30.1 Å². The molecule has 1 fully saturated rings. The lowest BCUT2D eigenvalue weighted by atomic mass is 10.0. The summed E-state index contributed by atoms with van der Waals surface area (Å²) in [4.78, 5) is 14.4. The maximum absolute atomic E-state index is 12.6. The molecule has 3 rings (SSSR count). The first-order valence-corrected chi connectivity index (χ1v) is 7.23. The average Bonchev–Trinajstić information content (AvgIpc) is 3.15. The average molecular weight is 295 g/mol. The molecule has 22 heavy (non-hydrogen) atoms. The number of benzene rings is 1. The number of likely N-dealkylation sites (tertiary alicyclic amines) is 1. The van der Waals surface area contributed by atoms with Crippen molar-refractivity contribution in [2.75, 3.05) is 18.8 Å². The Hall–Kier alpha value is -2.81. The van der Waals surface area contributed by atoms with Crippen molar-refractivity contribution in [1.82, 2.24) is 15.1 Å². The van der Waals surface area contributed by atoms with E-state index in [9.17, 15) is 4.79 Å².